The molecule has 3 N–H and O–H groups in total. The van der Waals surface area contributed by atoms with Crippen LogP contribution in [-0.2, 0) is 6.54 Å². The Morgan fingerprint density at radius 1 is 1.90 bits per heavy atom. The summed E-state index contributed by atoms with van der Waals surface area (Å²) in [7, 11) is 0. The Balaban J connectivity index is 2.88. The molecule has 1 heterocycles. The number of carbonyl (C=O) groups is 1. The number of nitrogens with zero attached hydrogens (tertiary/aromatic N) is 1. The van der Waals surface area contributed by atoms with Crippen molar-refractivity contribution in [3.05, 3.63) is 16.1 Å². The van der Waals surface area contributed by atoms with Crippen LogP contribution >= 0.6 is 11.3 Å². The summed E-state index contributed by atoms with van der Waals surface area (Å²) in [5.41, 5.74) is 5.84. The summed E-state index contributed by atoms with van der Waals surface area (Å²) in [6.07, 6.45) is 0. The van der Waals surface area contributed by atoms with Crippen molar-refractivity contribution in [3.63, 3.8) is 0 Å². The fraction of sp³-hybridized carbons (Fsp3) is 0.200. The van der Waals surface area contributed by atoms with Crippen LogP contribution in [0.5, 0.6) is 0 Å². The standard InChI is InChI=1S/C5H6N2O2S/c6-1-3-2-10-4(7-3)5(8)9/h2H,1,6H2,(H,8,9). The number of aromatic carboxylic acids is 1. The minimum absolute atomic E-state index is 0.0976. The lowest BCUT2D eigenvalue weighted by Gasteiger charge is -1.82. The second-order valence-electron chi connectivity index (χ2n) is 1.65. The number of nitrogens with two attached hydrogens (primary N) is 1. The van der Waals surface area contributed by atoms with Gasteiger partial charge in [0.2, 0.25) is 5.01 Å². The molecule has 0 aliphatic rings. The van der Waals surface area contributed by atoms with E-state index >= 15 is 0 Å². The molecule has 1 aromatic heterocycles. The summed E-state index contributed by atoms with van der Waals surface area (Å²) in [6.45, 7) is 0.295. The summed E-state index contributed by atoms with van der Waals surface area (Å²) >= 11 is 1.09. The number of carboxylic acids is 1. The van der Waals surface area contributed by atoms with Gasteiger partial charge in [0.15, 0.2) is 0 Å². The van der Waals surface area contributed by atoms with Crippen molar-refractivity contribution in [1.82, 2.24) is 4.98 Å². The molecule has 0 aliphatic heterocycles. The predicted octanol–water partition coefficient (Wildman–Crippen LogP) is 0.300. The van der Waals surface area contributed by atoms with Crippen molar-refractivity contribution in [1.29, 1.82) is 0 Å². The van der Waals surface area contributed by atoms with Crippen LogP contribution in [0.15, 0.2) is 5.38 Å². The largest absolute Gasteiger partial charge is 0.476 e. The SMILES string of the molecule is NCc1csc(C(=O)O)n1. The third kappa shape index (κ3) is 1.31. The number of thiazole rings is 1. The van der Waals surface area contributed by atoms with Crippen LogP contribution in [0.1, 0.15) is 15.5 Å². The summed E-state index contributed by atoms with van der Waals surface area (Å²) in [5, 5.41) is 10.1. The minimum Gasteiger partial charge on any atom is -0.476 e. The molecule has 10 heavy (non-hydrogen) atoms. The van der Waals surface area contributed by atoms with E-state index in [0.717, 1.165) is 11.3 Å². The third-order valence-electron chi connectivity index (χ3n) is 0.944. The Hall–Kier alpha value is -0.940. The fourth-order valence-corrected chi connectivity index (χ4v) is 1.17. The van der Waals surface area contributed by atoms with Crippen molar-refractivity contribution in [2.75, 3.05) is 0 Å². The molecule has 0 aliphatic carbocycles. The van der Waals surface area contributed by atoms with E-state index in [9.17, 15) is 4.79 Å². The van der Waals surface area contributed by atoms with E-state index in [-0.39, 0.29) is 5.01 Å². The van der Waals surface area contributed by atoms with Gasteiger partial charge in [-0.25, -0.2) is 9.78 Å². The molecule has 0 saturated heterocycles. The molecule has 0 amide bonds. The Kier molecular flexibility index (Phi) is 1.98. The molecule has 54 valence electrons. The van der Waals surface area contributed by atoms with Gasteiger partial charge in [-0.05, 0) is 0 Å². The van der Waals surface area contributed by atoms with E-state index in [0.29, 0.717) is 12.2 Å². The highest BCUT2D eigenvalue weighted by Crippen LogP contribution is 2.08. The van der Waals surface area contributed by atoms with Crippen LogP contribution in [0.2, 0.25) is 0 Å². The van der Waals surface area contributed by atoms with Crippen LogP contribution < -0.4 is 5.73 Å². The molecule has 0 unspecified atom stereocenters. The maximum Gasteiger partial charge on any atom is 0.365 e. The highest BCUT2D eigenvalue weighted by atomic mass is 32.1. The number of aromatic nitrogens is 1. The highest BCUT2D eigenvalue weighted by molar-refractivity contribution is 7.11. The zero-order valence-electron chi connectivity index (χ0n) is 5.07. The number of carboxylic acid groups (broad SMARTS) is 1. The van der Waals surface area contributed by atoms with E-state index in [2.05, 4.69) is 4.98 Å². The zero-order valence-corrected chi connectivity index (χ0v) is 5.89. The predicted molar refractivity (Wildman–Crippen MR) is 37.0 cm³/mol. The third-order valence-corrected chi connectivity index (χ3v) is 1.82. The van der Waals surface area contributed by atoms with E-state index in [1.165, 1.54) is 0 Å². The summed E-state index contributed by atoms with van der Waals surface area (Å²) in [5.74, 6) is -0.996. The summed E-state index contributed by atoms with van der Waals surface area (Å²) < 4.78 is 0. The molecule has 1 aromatic rings. The molecule has 0 bridgehead atoms. The van der Waals surface area contributed by atoms with Gasteiger partial charge in [0.1, 0.15) is 0 Å². The molecule has 0 radical (unpaired) electrons. The molecular formula is C5H6N2O2S. The molecule has 0 atom stereocenters. The molecule has 0 aromatic carbocycles. The monoisotopic (exact) mass is 158 g/mol. The summed E-state index contributed by atoms with van der Waals surface area (Å²) in [4.78, 5) is 14.0. The first-order valence-corrected chi connectivity index (χ1v) is 3.49. The van der Waals surface area contributed by atoms with E-state index < -0.39 is 5.97 Å². The van der Waals surface area contributed by atoms with Crippen LogP contribution in [0.4, 0.5) is 0 Å². The van der Waals surface area contributed by atoms with E-state index in [1.807, 2.05) is 0 Å². The normalized spacial score (nSPS) is 9.70. The van der Waals surface area contributed by atoms with E-state index in [1.54, 1.807) is 5.38 Å². The Morgan fingerprint density at radius 3 is 2.90 bits per heavy atom. The fourth-order valence-electron chi connectivity index (χ4n) is 0.499. The van der Waals surface area contributed by atoms with Gasteiger partial charge >= 0.3 is 5.97 Å². The van der Waals surface area contributed by atoms with Gasteiger partial charge in [-0.3, -0.25) is 0 Å². The minimum atomic E-state index is -0.996. The van der Waals surface area contributed by atoms with Crippen molar-refractivity contribution in [3.8, 4) is 0 Å². The second kappa shape index (κ2) is 2.76. The lowest BCUT2D eigenvalue weighted by Crippen LogP contribution is -1.99. The van der Waals surface area contributed by atoms with Crippen LogP contribution in [0, 0.1) is 0 Å². The Morgan fingerprint density at radius 2 is 2.60 bits per heavy atom. The smallest absolute Gasteiger partial charge is 0.365 e. The van der Waals surface area contributed by atoms with Crippen LogP contribution in [0.25, 0.3) is 0 Å². The van der Waals surface area contributed by atoms with Crippen LogP contribution in [-0.4, -0.2) is 16.1 Å². The summed E-state index contributed by atoms with van der Waals surface area (Å²) in [6, 6.07) is 0. The first kappa shape index (κ1) is 7.17. The number of rotatable bonds is 2. The van der Waals surface area contributed by atoms with Crippen LogP contribution in [0.3, 0.4) is 0 Å². The van der Waals surface area contributed by atoms with Gasteiger partial charge in [-0.2, -0.15) is 0 Å². The van der Waals surface area contributed by atoms with Crippen molar-refractivity contribution >= 4 is 17.3 Å². The molecule has 5 heteroatoms. The average molecular weight is 158 g/mol. The molecule has 0 spiro atoms. The van der Waals surface area contributed by atoms with Gasteiger partial charge in [0, 0.05) is 11.9 Å². The topological polar surface area (TPSA) is 76.2 Å². The Labute approximate surface area is 61.3 Å². The van der Waals surface area contributed by atoms with E-state index in [4.69, 9.17) is 10.8 Å². The highest BCUT2D eigenvalue weighted by Gasteiger charge is 2.06. The quantitative estimate of drug-likeness (QED) is 0.649. The molecule has 0 saturated carbocycles. The maximum atomic E-state index is 10.2. The molecule has 0 fully saturated rings. The zero-order chi connectivity index (χ0) is 7.56. The lowest BCUT2D eigenvalue weighted by atomic mass is 10.5. The lowest BCUT2D eigenvalue weighted by molar-refractivity contribution is 0.0696. The second-order valence-corrected chi connectivity index (χ2v) is 2.51. The van der Waals surface area contributed by atoms with Gasteiger partial charge in [0.05, 0.1) is 5.69 Å². The van der Waals surface area contributed by atoms with Crippen molar-refractivity contribution in [2.24, 2.45) is 5.73 Å². The maximum absolute atomic E-state index is 10.2. The average Bonchev–Trinajstić information content (AvgIpc) is 2.34. The number of hydrogen-bond acceptors (Lipinski definition) is 4. The first-order valence-electron chi connectivity index (χ1n) is 2.62. The van der Waals surface area contributed by atoms with Gasteiger partial charge < -0.3 is 10.8 Å². The molecule has 1 rings (SSSR count). The Bertz CT molecular complexity index is 246. The first-order chi connectivity index (χ1) is 4.74. The van der Waals surface area contributed by atoms with Crippen molar-refractivity contribution < 1.29 is 9.90 Å². The molecular weight excluding hydrogens is 152 g/mol. The van der Waals surface area contributed by atoms with Crippen molar-refractivity contribution in [2.45, 2.75) is 6.54 Å². The van der Waals surface area contributed by atoms with Gasteiger partial charge in [-0.1, -0.05) is 0 Å². The van der Waals surface area contributed by atoms with Gasteiger partial charge in [0.25, 0.3) is 0 Å². The number of hydrogen-bond donors (Lipinski definition) is 2. The van der Waals surface area contributed by atoms with Gasteiger partial charge in [-0.15, -0.1) is 11.3 Å². The molecule has 4 nitrogen and oxygen atoms in total.